The first-order valence-corrected chi connectivity index (χ1v) is 5.56. The predicted molar refractivity (Wildman–Crippen MR) is 66.2 cm³/mol. The third-order valence-electron chi connectivity index (χ3n) is 2.13. The number of ether oxygens (including phenoxy) is 2. The lowest BCUT2D eigenvalue weighted by Crippen LogP contribution is -2.33. The molecule has 0 radical (unpaired) electrons. The van der Waals surface area contributed by atoms with Gasteiger partial charge >= 0.3 is 6.16 Å². The summed E-state index contributed by atoms with van der Waals surface area (Å²) in [7, 11) is 0. The van der Waals surface area contributed by atoms with Crippen molar-refractivity contribution >= 4 is 11.9 Å². The summed E-state index contributed by atoms with van der Waals surface area (Å²) in [6.07, 6.45) is 4.68. The normalized spacial score (nSPS) is 20.1. The molecule has 0 aliphatic heterocycles. The van der Waals surface area contributed by atoms with Crippen molar-refractivity contribution in [2.45, 2.75) is 32.5 Å². The molecule has 2 atom stereocenters. The van der Waals surface area contributed by atoms with E-state index in [9.17, 15) is 4.79 Å². The number of carbonyl (C=O) groups excluding carboxylic acids is 1. The van der Waals surface area contributed by atoms with Gasteiger partial charge < -0.3 is 14.9 Å². The zero-order valence-corrected chi connectivity index (χ0v) is 10.6. The van der Waals surface area contributed by atoms with Crippen LogP contribution in [-0.2, 0) is 9.47 Å². The van der Waals surface area contributed by atoms with Crippen molar-refractivity contribution in [2.24, 2.45) is 5.92 Å². The van der Waals surface area contributed by atoms with Gasteiger partial charge in [-0.3, -0.25) is 0 Å². The lowest BCUT2D eigenvalue weighted by atomic mass is 9.93. The topological polar surface area (TPSA) is 83.2 Å². The van der Waals surface area contributed by atoms with Crippen molar-refractivity contribution in [3.63, 3.8) is 0 Å². The quantitative estimate of drug-likeness (QED) is 0.761. The lowest BCUT2D eigenvalue weighted by molar-refractivity contribution is -0.0197. The molecule has 0 aromatic carbocycles. The molecule has 1 N–H and O–H groups in total. The van der Waals surface area contributed by atoms with Crippen molar-refractivity contribution < 1.29 is 14.3 Å². The summed E-state index contributed by atoms with van der Waals surface area (Å²) in [5, 5.41) is 16.7. The first kappa shape index (κ1) is 14.0. The molecule has 0 saturated heterocycles. The number of rotatable bonds is 2. The number of hydrogen-bond donors (Lipinski definition) is 1. The minimum absolute atomic E-state index is 0.229. The molecule has 96 valence electrons. The molecular formula is C13H16N2O3. The largest absolute Gasteiger partial charge is 0.510 e. The highest BCUT2D eigenvalue weighted by Gasteiger charge is 2.29. The van der Waals surface area contributed by atoms with Gasteiger partial charge in [-0.2, -0.15) is 5.26 Å². The van der Waals surface area contributed by atoms with Crippen LogP contribution in [0.15, 0.2) is 24.3 Å². The van der Waals surface area contributed by atoms with Gasteiger partial charge in [0, 0.05) is 5.71 Å². The van der Waals surface area contributed by atoms with Crippen LogP contribution in [0.4, 0.5) is 4.79 Å². The van der Waals surface area contributed by atoms with E-state index in [2.05, 4.69) is 0 Å². The zero-order chi connectivity index (χ0) is 13.8. The highest BCUT2D eigenvalue weighted by Crippen LogP contribution is 2.17. The van der Waals surface area contributed by atoms with Crippen LogP contribution in [0.25, 0.3) is 0 Å². The third kappa shape index (κ3) is 4.06. The number of nitrogens with zero attached hydrogens (tertiary/aromatic N) is 1. The minimum atomic E-state index is -1.05. The molecule has 18 heavy (non-hydrogen) atoms. The van der Waals surface area contributed by atoms with E-state index >= 15 is 0 Å². The fraction of sp³-hybridized carbons (Fsp3) is 0.462. The Morgan fingerprint density at radius 3 is 2.67 bits per heavy atom. The zero-order valence-electron chi connectivity index (χ0n) is 10.6. The van der Waals surface area contributed by atoms with Gasteiger partial charge in [-0.25, -0.2) is 4.79 Å². The van der Waals surface area contributed by atoms with E-state index in [1.54, 1.807) is 45.1 Å². The van der Waals surface area contributed by atoms with Crippen LogP contribution in [-0.4, -0.2) is 23.6 Å². The summed E-state index contributed by atoms with van der Waals surface area (Å²) in [6.45, 7) is 5.13. The molecule has 1 rings (SSSR count). The number of nitrogens with one attached hydrogen (secondary N) is 1. The fourth-order valence-corrected chi connectivity index (χ4v) is 1.38. The maximum atomic E-state index is 11.5. The molecule has 0 aromatic heterocycles. The van der Waals surface area contributed by atoms with Gasteiger partial charge in [0.15, 0.2) is 0 Å². The van der Waals surface area contributed by atoms with E-state index in [1.165, 1.54) is 0 Å². The second-order valence-corrected chi connectivity index (χ2v) is 4.86. The summed E-state index contributed by atoms with van der Waals surface area (Å²) in [5.74, 6) is -0.549. The lowest BCUT2D eigenvalue weighted by Gasteiger charge is -2.23. The number of allylic oxidation sites excluding steroid dienone is 3. The van der Waals surface area contributed by atoms with Crippen LogP contribution in [0.2, 0.25) is 0 Å². The molecule has 0 heterocycles. The molecule has 0 amide bonds. The van der Waals surface area contributed by atoms with E-state index < -0.39 is 23.8 Å². The number of hydrogen-bond acceptors (Lipinski definition) is 5. The van der Waals surface area contributed by atoms with Crippen molar-refractivity contribution in [1.82, 2.24) is 0 Å². The summed E-state index contributed by atoms with van der Waals surface area (Å²) in [4.78, 5) is 11.5. The van der Waals surface area contributed by atoms with Crippen LogP contribution in [0.3, 0.4) is 0 Å². The van der Waals surface area contributed by atoms with E-state index in [0.717, 1.165) is 0 Å². The van der Waals surface area contributed by atoms with Crippen molar-refractivity contribution in [2.75, 3.05) is 0 Å². The average molecular weight is 248 g/mol. The highest BCUT2D eigenvalue weighted by molar-refractivity contribution is 5.97. The highest BCUT2D eigenvalue weighted by atomic mass is 16.7. The van der Waals surface area contributed by atoms with Crippen LogP contribution >= 0.6 is 0 Å². The Morgan fingerprint density at radius 2 is 2.17 bits per heavy atom. The Morgan fingerprint density at radius 1 is 1.50 bits per heavy atom. The van der Waals surface area contributed by atoms with E-state index in [0.29, 0.717) is 0 Å². The summed E-state index contributed by atoms with van der Waals surface area (Å²) in [6, 6.07) is 1.87. The molecule has 2 unspecified atom stereocenters. The van der Waals surface area contributed by atoms with Crippen LogP contribution < -0.4 is 0 Å². The van der Waals surface area contributed by atoms with Crippen LogP contribution in [0, 0.1) is 22.7 Å². The van der Waals surface area contributed by atoms with Gasteiger partial charge in [0.05, 0.1) is 5.92 Å². The average Bonchev–Trinajstić information content (AvgIpc) is 2.24. The smallest absolute Gasteiger partial charge is 0.429 e. The van der Waals surface area contributed by atoms with Crippen molar-refractivity contribution in [1.29, 1.82) is 10.7 Å². The Hall–Kier alpha value is -2.09. The Kier molecular flexibility index (Phi) is 4.27. The summed E-state index contributed by atoms with van der Waals surface area (Å²) in [5.41, 5.74) is -0.444. The van der Waals surface area contributed by atoms with Gasteiger partial charge in [0.25, 0.3) is 0 Å². The predicted octanol–water partition coefficient (Wildman–Crippen LogP) is 2.59. The monoisotopic (exact) mass is 248 g/mol. The second-order valence-electron chi connectivity index (χ2n) is 4.86. The molecule has 1 aliphatic carbocycles. The Balaban J connectivity index is 2.66. The van der Waals surface area contributed by atoms with Crippen LogP contribution in [0.1, 0.15) is 20.8 Å². The molecule has 0 bridgehead atoms. The molecular weight excluding hydrogens is 232 g/mol. The van der Waals surface area contributed by atoms with Gasteiger partial charge in [-0.05, 0) is 26.8 Å². The van der Waals surface area contributed by atoms with Gasteiger partial charge in [-0.15, -0.1) is 0 Å². The van der Waals surface area contributed by atoms with Crippen molar-refractivity contribution in [3.05, 3.63) is 24.3 Å². The standard InChI is InChI=1S/C13H16N2O3/c1-13(2,3)18-12(16)17-11(8-14)9-6-4-5-7-10(9)15/h4-7,9,11,15H,1-3H3. The molecule has 0 spiro atoms. The molecule has 5 heteroatoms. The Labute approximate surface area is 106 Å². The number of carbonyl (C=O) groups is 1. The number of nitriles is 1. The molecule has 0 aromatic rings. The molecule has 1 aliphatic rings. The first-order valence-electron chi connectivity index (χ1n) is 5.56. The maximum Gasteiger partial charge on any atom is 0.510 e. The van der Waals surface area contributed by atoms with Crippen LogP contribution in [0.5, 0.6) is 0 Å². The van der Waals surface area contributed by atoms with E-state index in [1.807, 2.05) is 6.07 Å². The van der Waals surface area contributed by atoms with E-state index in [4.69, 9.17) is 20.1 Å². The molecule has 0 fully saturated rings. The Bertz CT molecular complexity index is 438. The fourth-order valence-electron chi connectivity index (χ4n) is 1.38. The summed E-state index contributed by atoms with van der Waals surface area (Å²) < 4.78 is 9.91. The summed E-state index contributed by atoms with van der Waals surface area (Å²) >= 11 is 0. The SMILES string of the molecule is CC(C)(C)OC(=O)OC(C#N)C1C=CC=CC1=N. The third-order valence-corrected chi connectivity index (χ3v) is 2.13. The van der Waals surface area contributed by atoms with Gasteiger partial charge in [0.1, 0.15) is 11.7 Å². The van der Waals surface area contributed by atoms with Gasteiger partial charge in [-0.1, -0.05) is 18.2 Å². The van der Waals surface area contributed by atoms with Crippen molar-refractivity contribution in [3.8, 4) is 6.07 Å². The molecule has 5 nitrogen and oxygen atoms in total. The second kappa shape index (κ2) is 5.50. The molecule has 0 saturated carbocycles. The van der Waals surface area contributed by atoms with E-state index in [-0.39, 0.29) is 5.71 Å². The maximum absolute atomic E-state index is 11.5. The first-order chi connectivity index (χ1) is 8.33. The minimum Gasteiger partial charge on any atom is -0.429 e. The van der Waals surface area contributed by atoms with Gasteiger partial charge in [0.2, 0.25) is 6.10 Å².